The topological polar surface area (TPSA) is 76.0 Å². The molecule has 5 nitrogen and oxygen atoms in total. The van der Waals surface area contributed by atoms with Crippen LogP contribution >= 0.6 is 0 Å². The van der Waals surface area contributed by atoms with E-state index in [9.17, 15) is 9.59 Å². The highest BCUT2D eigenvalue weighted by Gasteiger charge is 1.95. The third-order valence-corrected chi connectivity index (χ3v) is 0.872. The molecule has 0 aliphatic rings. The largest absolute Gasteiger partial charge is 0.515 e. The van der Waals surface area contributed by atoms with E-state index in [0.29, 0.717) is 12.5 Å². The molecule has 5 heteroatoms. The van der Waals surface area contributed by atoms with Gasteiger partial charge in [-0.25, -0.2) is 4.79 Å². The molecule has 1 amide bonds. The van der Waals surface area contributed by atoms with Crippen molar-refractivity contribution in [2.75, 3.05) is 6.61 Å². The molecule has 0 bridgehead atoms. The average molecular weight is 171 g/mol. The average Bonchev–Trinajstić information content (AvgIpc) is 2.07. The minimum atomic E-state index is -0.793. The molecule has 0 heterocycles. The van der Waals surface area contributed by atoms with Crippen LogP contribution in [-0.4, -0.2) is 30.3 Å². The van der Waals surface area contributed by atoms with Crippen molar-refractivity contribution in [1.82, 2.24) is 0 Å². The van der Waals surface area contributed by atoms with Gasteiger partial charge in [-0.3, -0.25) is 4.79 Å². The SMILES string of the molecule is CCOC(=O)/N=C/C(C=O)=C/O. The summed E-state index contributed by atoms with van der Waals surface area (Å²) < 4.78 is 4.42. The molecule has 0 atom stereocenters. The van der Waals surface area contributed by atoms with Gasteiger partial charge in [-0.1, -0.05) is 0 Å². The molecule has 0 saturated carbocycles. The van der Waals surface area contributed by atoms with Crippen molar-refractivity contribution < 1.29 is 19.4 Å². The third kappa shape index (κ3) is 4.21. The Morgan fingerprint density at radius 1 is 1.67 bits per heavy atom. The number of hydrogen-bond acceptors (Lipinski definition) is 4. The number of amides is 1. The quantitative estimate of drug-likeness (QED) is 0.295. The first kappa shape index (κ1) is 10.3. The predicted molar refractivity (Wildman–Crippen MR) is 42.3 cm³/mol. The van der Waals surface area contributed by atoms with Crippen LogP contribution in [0.3, 0.4) is 0 Å². The predicted octanol–water partition coefficient (Wildman–Crippen LogP) is 0.855. The van der Waals surface area contributed by atoms with Crippen molar-refractivity contribution >= 4 is 18.6 Å². The zero-order valence-corrected chi connectivity index (χ0v) is 6.56. The summed E-state index contributed by atoms with van der Waals surface area (Å²) in [5.74, 6) is 0. The first-order valence-corrected chi connectivity index (χ1v) is 3.25. The fourth-order valence-electron chi connectivity index (χ4n) is 0.382. The van der Waals surface area contributed by atoms with Crippen LogP contribution < -0.4 is 0 Å². The van der Waals surface area contributed by atoms with Crippen LogP contribution in [0, 0.1) is 0 Å². The molecule has 0 aliphatic heterocycles. The number of aliphatic hydroxyl groups excluding tert-OH is 1. The lowest BCUT2D eigenvalue weighted by Gasteiger charge is -1.92. The Bertz CT molecular complexity index is 219. The van der Waals surface area contributed by atoms with E-state index in [1.54, 1.807) is 6.92 Å². The van der Waals surface area contributed by atoms with Crippen LogP contribution in [0.15, 0.2) is 16.8 Å². The Kier molecular flexibility index (Phi) is 5.25. The Morgan fingerprint density at radius 2 is 2.33 bits per heavy atom. The number of carbonyl (C=O) groups is 2. The van der Waals surface area contributed by atoms with Crippen LogP contribution in [0.4, 0.5) is 4.79 Å². The summed E-state index contributed by atoms with van der Waals surface area (Å²) in [5, 5.41) is 8.33. The van der Waals surface area contributed by atoms with Crippen LogP contribution in [-0.2, 0) is 9.53 Å². The number of aliphatic hydroxyl groups is 1. The molecule has 0 spiro atoms. The molecule has 1 N–H and O–H groups in total. The van der Waals surface area contributed by atoms with Crippen molar-refractivity contribution in [3.8, 4) is 0 Å². The van der Waals surface area contributed by atoms with E-state index >= 15 is 0 Å². The van der Waals surface area contributed by atoms with E-state index in [2.05, 4.69) is 9.73 Å². The Hall–Kier alpha value is -1.65. The van der Waals surface area contributed by atoms with Gasteiger partial charge in [-0.05, 0) is 6.92 Å². The van der Waals surface area contributed by atoms with Crippen molar-refractivity contribution in [2.24, 2.45) is 4.99 Å². The summed E-state index contributed by atoms with van der Waals surface area (Å²) in [7, 11) is 0. The highest BCUT2D eigenvalue weighted by molar-refractivity contribution is 6.04. The number of hydrogen-bond donors (Lipinski definition) is 1. The normalized spacial score (nSPS) is 11.6. The summed E-state index contributed by atoms with van der Waals surface area (Å²) in [6.45, 7) is 1.85. The molecular formula is C7H9NO4. The molecule has 0 rings (SSSR count). The summed E-state index contributed by atoms with van der Waals surface area (Å²) in [5.41, 5.74) is -0.0944. The number of nitrogens with zero attached hydrogens (tertiary/aromatic N) is 1. The lowest BCUT2D eigenvalue weighted by Crippen LogP contribution is -1.99. The molecule has 0 aromatic heterocycles. The number of allylic oxidation sites excluding steroid dienone is 1. The minimum Gasteiger partial charge on any atom is -0.515 e. The Labute approximate surface area is 69.4 Å². The van der Waals surface area contributed by atoms with Gasteiger partial charge in [0.05, 0.1) is 18.4 Å². The summed E-state index contributed by atoms with van der Waals surface area (Å²) in [6, 6.07) is 0. The Balaban J connectivity index is 4.04. The van der Waals surface area contributed by atoms with E-state index in [0.717, 1.165) is 6.21 Å². The summed E-state index contributed by atoms with van der Waals surface area (Å²) >= 11 is 0. The first-order chi connectivity index (χ1) is 5.74. The van der Waals surface area contributed by atoms with E-state index in [1.807, 2.05) is 0 Å². The second-order valence-corrected chi connectivity index (χ2v) is 1.70. The van der Waals surface area contributed by atoms with Gasteiger partial charge < -0.3 is 9.84 Å². The molecule has 0 aromatic rings. The molecule has 0 aromatic carbocycles. The molecular weight excluding hydrogens is 162 g/mol. The second kappa shape index (κ2) is 6.09. The number of carbonyl (C=O) groups excluding carboxylic acids is 2. The van der Waals surface area contributed by atoms with E-state index in [4.69, 9.17) is 5.11 Å². The number of aliphatic imine (C=N–C) groups is 1. The van der Waals surface area contributed by atoms with Crippen molar-refractivity contribution in [3.63, 3.8) is 0 Å². The van der Waals surface area contributed by atoms with Gasteiger partial charge in [-0.2, -0.15) is 4.99 Å². The zero-order valence-electron chi connectivity index (χ0n) is 6.56. The first-order valence-electron chi connectivity index (χ1n) is 3.25. The molecule has 66 valence electrons. The molecule has 0 saturated heterocycles. The van der Waals surface area contributed by atoms with Gasteiger partial charge in [0.1, 0.15) is 0 Å². The molecule has 0 unspecified atom stereocenters. The highest BCUT2D eigenvalue weighted by atomic mass is 16.5. The van der Waals surface area contributed by atoms with Crippen molar-refractivity contribution in [3.05, 3.63) is 11.8 Å². The Morgan fingerprint density at radius 3 is 2.75 bits per heavy atom. The molecule has 0 radical (unpaired) electrons. The maximum absolute atomic E-state index is 10.5. The lowest BCUT2D eigenvalue weighted by atomic mass is 10.4. The zero-order chi connectivity index (χ0) is 9.40. The number of rotatable bonds is 3. The molecule has 0 fully saturated rings. The minimum absolute atomic E-state index is 0.0944. The van der Waals surface area contributed by atoms with Gasteiger partial charge in [-0.15, -0.1) is 0 Å². The standard InChI is InChI=1S/C7H9NO4/c1-2-12-7(11)8-3-6(4-9)5-10/h3-5,9H,2H2,1H3/b6-4-,8-3+. The highest BCUT2D eigenvalue weighted by Crippen LogP contribution is 1.86. The van der Waals surface area contributed by atoms with E-state index in [1.165, 1.54) is 0 Å². The second-order valence-electron chi connectivity index (χ2n) is 1.70. The number of ether oxygens (including phenoxy) is 1. The summed E-state index contributed by atoms with van der Waals surface area (Å²) in [6.07, 6.45) is 1.04. The summed E-state index contributed by atoms with van der Waals surface area (Å²) in [4.78, 5) is 23.8. The van der Waals surface area contributed by atoms with Crippen LogP contribution in [0.1, 0.15) is 6.92 Å². The number of aldehydes is 1. The molecule has 12 heavy (non-hydrogen) atoms. The van der Waals surface area contributed by atoms with Crippen LogP contribution in [0.5, 0.6) is 0 Å². The maximum Gasteiger partial charge on any atom is 0.433 e. The van der Waals surface area contributed by atoms with E-state index in [-0.39, 0.29) is 12.2 Å². The fourth-order valence-corrected chi connectivity index (χ4v) is 0.382. The molecule has 0 aliphatic carbocycles. The van der Waals surface area contributed by atoms with E-state index < -0.39 is 6.09 Å². The van der Waals surface area contributed by atoms with Crippen molar-refractivity contribution in [1.29, 1.82) is 0 Å². The van der Waals surface area contributed by atoms with Gasteiger partial charge in [0, 0.05) is 6.21 Å². The van der Waals surface area contributed by atoms with Crippen LogP contribution in [0.25, 0.3) is 0 Å². The van der Waals surface area contributed by atoms with Gasteiger partial charge in [0.15, 0.2) is 6.29 Å². The van der Waals surface area contributed by atoms with Crippen molar-refractivity contribution in [2.45, 2.75) is 6.92 Å². The monoisotopic (exact) mass is 171 g/mol. The van der Waals surface area contributed by atoms with Gasteiger partial charge in [0.25, 0.3) is 0 Å². The van der Waals surface area contributed by atoms with Crippen LogP contribution in [0.2, 0.25) is 0 Å². The maximum atomic E-state index is 10.5. The third-order valence-electron chi connectivity index (χ3n) is 0.872. The fraction of sp³-hybridized carbons (Fsp3) is 0.286. The van der Waals surface area contributed by atoms with Gasteiger partial charge >= 0.3 is 6.09 Å². The smallest absolute Gasteiger partial charge is 0.433 e. The lowest BCUT2D eigenvalue weighted by molar-refractivity contribution is -0.104. The van der Waals surface area contributed by atoms with Gasteiger partial charge in [0.2, 0.25) is 0 Å².